The molecule has 0 aromatic heterocycles. The van der Waals surface area contributed by atoms with E-state index in [0.717, 1.165) is 32.6 Å². The second-order valence-corrected chi connectivity index (χ2v) is 4.44. The van der Waals surface area contributed by atoms with Gasteiger partial charge in [-0.25, -0.2) is 0 Å². The topological polar surface area (TPSA) is 35.5 Å². The van der Waals surface area contributed by atoms with E-state index < -0.39 is 5.60 Å². The summed E-state index contributed by atoms with van der Waals surface area (Å²) in [6.07, 6.45) is 0.825. The Balaban J connectivity index is 2.35. The zero-order valence-electron chi connectivity index (χ0n) is 9.01. The van der Waals surface area contributed by atoms with Gasteiger partial charge in [0, 0.05) is 32.2 Å². The number of hydrogen-bond donors (Lipinski definition) is 2. The second kappa shape index (κ2) is 4.40. The number of hydrogen-bond acceptors (Lipinski definition) is 3. The van der Waals surface area contributed by atoms with Gasteiger partial charge in [0.1, 0.15) is 0 Å². The van der Waals surface area contributed by atoms with Gasteiger partial charge in [-0.3, -0.25) is 4.90 Å². The molecule has 0 aromatic carbocycles. The summed E-state index contributed by atoms with van der Waals surface area (Å²) < 4.78 is 0. The quantitative estimate of drug-likeness (QED) is 0.671. The molecule has 3 heteroatoms. The largest absolute Gasteiger partial charge is 0.389 e. The highest BCUT2D eigenvalue weighted by atomic mass is 16.3. The van der Waals surface area contributed by atoms with Gasteiger partial charge in [0.15, 0.2) is 0 Å². The first kappa shape index (κ1) is 11.0. The van der Waals surface area contributed by atoms with Crippen molar-refractivity contribution in [2.45, 2.75) is 38.8 Å². The molecule has 0 amide bonds. The number of nitrogens with one attached hydrogen (secondary N) is 1. The lowest BCUT2D eigenvalue weighted by Crippen LogP contribution is -2.53. The predicted molar refractivity (Wildman–Crippen MR) is 54.8 cm³/mol. The molecule has 0 saturated carbocycles. The summed E-state index contributed by atoms with van der Waals surface area (Å²) in [5.41, 5.74) is -0.517. The van der Waals surface area contributed by atoms with Crippen LogP contribution in [0.2, 0.25) is 0 Å². The Kier molecular flexibility index (Phi) is 3.71. The van der Waals surface area contributed by atoms with Gasteiger partial charge in [-0.05, 0) is 20.3 Å². The van der Waals surface area contributed by atoms with Crippen LogP contribution in [0, 0.1) is 0 Å². The summed E-state index contributed by atoms with van der Waals surface area (Å²) in [6, 6.07) is 0.557. The van der Waals surface area contributed by atoms with E-state index in [0.29, 0.717) is 6.04 Å². The van der Waals surface area contributed by atoms with Crippen molar-refractivity contribution in [1.29, 1.82) is 0 Å². The molecule has 1 saturated heterocycles. The Hall–Kier alpha value is -0.120. The van der Waals surface area contributed by atoms with Gasteiger partial charge in [0.05, 0.1) is 5.60 Å². The number of rotatable bonds is 3. The van der Waals surface area contributed by atoms with Crippen molar-refractivity contribution >= 4 is 0 Å². The molecule has 1 heterocycles. The molecule has 2 atom stereocenters. The Bertz CT molecular complexity index is 159. The molecule has 2 N–H and O–H groups in total. The summed E-state index contributed by atoms with van der Waals surface area (Å²) in [4.78, 5) is 2.34. The van der Waals surface area contributed by atoms with E-state index in [4.69, 9.17) is 0 Å². The van der Waals surface area contributed by atoms with Gasteiger partial charge in [-0.2, -0.15) is 0 Å². The van der Waals surface area contributed by atoms with Crippen LogP contribution in [0.5, 0.6) is 0 Å². The molecule has 0 bridgehead atoms. The van der Waals surface area contributed by atoms with Crippen molar-refractivity contribution in [1.82, 2.24) is 10.2 Å². The summed E-state index contributed by atoms with van der Waals surface area (Å²) in [6.45, 7) is 10.1. The van der Waals surface area contributed by atoms with E-state index in [1.54, 1.807) is 0 Å². The number of nitrogens with zero attached hydrogens (tertiary/aromatic N) is 1. The average Bonchev–Trinajstić information content (AvgIpc) is 2.03. The fourth-order valence-corrected chi connectivity index (χ4v) is 1.75. The molecule has 13 heavy (non-hydrogen) atoms. The van der Waals surface area contributed by atoms with Crippen molar-refractivity contribution in [2.24, 2.45) is 0 Å². The molecule has 1 aliphatic heterocycles. The van der Waals surface area contributed by atoms with Crippen LogP contribution < -0.4 is 5.32 Å². The van der Waals surface area contributed by atoms with Crippen molar-refractivity contribution in [3.8, 4) is 0 Å². The van der Waals surface area contributed by atoms with Crippen molar-refractivity contribution in [3.63, 3.8) is 0 Å². The molecular weight excluding hydrogens is 164 g/mol. The maximum Gasteiger partial charge on any atom is 0.0743 e. The Labute approximate surface area is 81.1 Å². The molecule has 0 radical (unpaired) electrons. The first-order valence-electron chi connectivity index (χ1n) is 5.21. The smallest absolute Gasteiger partial charge is 0.0743 e. The van der Waals surface area contributed by atoms with Crippen LogP contribution in [-0.4, -0.2) is 47.8 Å². The maximum atomic E-state index is 9.90. The Morgan fingerprint density at radius 3 is 2.85 bits per heavy atom. The summed E-state index contributed by atoms with van der Waals surface area (Å²) in [5.74, 6) is 0. The molecule has 1 rings (SSSR count). The van der Waals surface area contributed by atoms with Gasteiger partial charge in [-0.1, -0.05) is 6.92 Å². The Morgan fingerprint density at radius 1 is 1.62 bits per heavy atom. The zero-order valence-corrected chi connectivity index (χ0v) is 9.01. The number of aliphatic hydroxyl groups is 1. The summed E-state index contributed by atoms with van der Waals surface area (Å²) >= 11 is 0. The fraction of sp³-hybridized carbons (Fsp3) is 1.00. The van der Waals surface area contributed by atoms with Crippen molar-refractivity contribution in [3.05, 3.63) is 0 Å². The van der Waals surface area contributed by atoms with Gasteiger partial charge < -0.3 is 10.4 Å². The summed E-state index contributed by atoms with van der Waals surface area (Å²) in [7, 11) is 0. The minimum absolute atomic E-state index is 0.517. The molecule has 78 valence electrons. The lowest BCUT2D eigenvalue weighted by molar-refractivity contribution is 0.00936. The first-order chi connectivity index (χ1) is 6.03. The second-order valence-electron chi connectivity index (χ2n) is 4.44. The molecule has 1 fully saturated rings. The third-order valence-corrected chi connectivity index (χ3v) is 2.78. The highest BCUT2D eigenvalue weighted by Gasteiger charge is 2.24. The molecule has 0 aliphatic carbocycles. The highest BCUT2D eigenvalue weighted by molar-refractivity contribution is 4.81. The van der Waals surface area contributed by atoms with Crippen LogP contribution in [-0.2, 0) is 0 Å². The van der Waals surface area contributed by atoms with Crippen LogP contribution in [0.15, 0.2) is 0 Å². The van der Waals surface area contributed by atoms with Crippen molar-refractivity contribution in [2.75, 3.05) is 26.2 Å². The minimum Gasteiger partial charge on any atom is -0.389 e. The molecule has 3 nitrogen and oxygen atoms in total. The molecule has 0 spiro atoms. The molecule has 0 aromatic rings. The first-order valence-corrected chi connectivity index (χ1v) is 5.21. The lowest BCUT2D eigenvalue weighted by Gasteiger charge is -2.36. The van der Waals surface area contributed by atoms with Crippen LogP contribution in [0.3, 0.4) is 0 Å². The summed E-state index contributed by atoms with van der Waals surface area (Å²) in [5, 5.41) is 13.3. The minimum atomic E-state index is -0.517. The van der Waals surface area contributed by atoms with E-state index in [9.17, 15) is 5.11 Å². The van der Waals surface area contributed by atoms with Crippen molar-refractivity contribution < 1.29 is 5.11 Å². The lowest BCUT2D eigenvalue weighted by atomic mass is 10.0. The SMILES string of the molecule is CCC(C)(O)CN1CCN[C@@H](C)C1. The number of piperazine rings is 1. The Morgan fingerprint density at radius 2 is 2.31 bits per heavy atom. The molecule has 1 unspecified atom stereocenters. The fourth-order valence-electron chi connectivity index (χ4n) is 1.75. The standard InChI is InChI=1S/C10H22N2O/c1-4-10(3,13)8-12-6-5-11-9(2)7-12/h9,11,13H,4-8H2,1-3H3/t9-,10?/m0/s1. The normalized spacial score (nSPS) is 30.0. The molecule has 1 aliphatic rings. The van der Waals surface area contributed by atoms with E-state index in [1.165, 1.54) is 0 Å². The van der Waals surface area contributed by atoms with E-state index in [2.05, 4.69) is 17.1 Å². The highest BCUT2D eigenvalue weighted by Crippen LogP contribution is 2.12. The molecular formula is C10H22N2O. The zero-order chi connectivity index (χ0) is 9.90. The van der Waals surface area contributed by atoms with Crippen LogP contribution in [0.25, 0.3) is 0 Å². The van der Waals surface area contributed by atoms with E-state index >= 15 is 0 Å². The van der Waals surface area contributed by atoms with Crippen LogP contribution in [0.1, 0.15) is 27.2 Å². The van der Waals surface area contributed by atoms with Crippen LogP contribution in [0.4, 0.5) is 0 Å². The average molecular weight is 186 g/mol. The van der Waals surface area contributed by atoms with E-state index in [-0.39, 0.29) is 0 Å². The maximum absolute atomic E-state index is 9.90. The van der Waals surface area contributed by atoms with Crippen LogP contribution >= 0.6 is 0 Å². The van der Waals surface area contributed by atoms with Gasteiger partial charge in [0.2, 0.25) is 0 Å². The van der Waals surface area contributed by atoms with Gasteiger partial charge in [0.25, 0.3) is 0 Å². The third kappa shape index (κ3) is 3.63. The number of β-amino-alcohol motifs (C(OH)–C–C–N with tert-alkyl or cyclic N) is 1. The van der Waals surface area contributed by atoms with Gasteiger partial charge in [-0.15, -0.1) is 0 Å². The third-order valence-electron chi connectivity index (χ3n) is 2.78. The predicted octanol–water partition coefficient (Wildman–Crippen LogP) is 0.441. The monoisotopic (exact) mass is 186 g/mol. The van der Waals surface area contributed by atoms with Gasteiger partial charge >= 0.3 is 0 Å². The van der Waals surface area contributed by atoms with E-state index in [1.807, 2.05) is 13.8 Å².